The number of nitrogens with two attached hydrogens (primary N) is 2. The molecule has 1 aromatic heterocycles. The van der Waals surface area contributed by atoms with Crippen molar-refractivity contribution in [3.05, 3.63) is 29.8 Å². The van der Waals surface area contributed by atoms with E-state index in [2.05, 4.69) is 10.1 Å². The lowest BCUT2D eigenvalue weighted by atomic mass is 10.2. The summed E-state index contributed by atoms with van der Waals surface area (Å²) in [5.41, 5.74) is 10.6. The molecule has 16 heavy (non-hydrogen) atoms. The summed E-state index contributed by atoms with van der Waals surface area (Å²) < 4.78 is 17.9. The van der Waals surface area contributed by atoms with Crippen molar-refractivity contribution in [2.45, 2.75) is 0 Å². The highest BCUT2D eigenvalue weighted by Crippen LogP contribution is 2.21. The molecule has 0 radical (unpaired) electrons. The van der Waals surface area contributed by atoms with Crippen LogP contribution in [-0.2, 0) is 0 Å². The zero-order valence-corrected chi connectivity index (χ0v) is 7.98. The molecule has 0 saturated heterocycles. The van der Waals surface area contributed by atoms with E-state index in [0.717, 1.165) is 6.07 Å². The first-order chi connectivity index (χ1) is 7.58. The highest BCUT2D eigenvalue weighted by molar-refractivity contribution is 5.89. The number of rotatable bonds is 2. The van der Waals surface area contributed by atoms with Gasteiger partial charge in [-0.1, -0.05) is 5.16 Å². The number of hydrogen-bond donors (Lipinski definition) is 2. The number of nitrogen functional groups attached to an aromatic ring is 1. The molecule has 0 bridgehead atoms. The molecule has 7 heteroatoms. The van der Waals surface area contributed by atoms with Crippen LogP contribution in [0.3, 0.4) is 0 Å². The highest BCUT2D eigenvalue weighted by atomic mass is 19.1. The molecule has 0 aliphatic heterocycles. The Hall–Kier alpha value is -2.44. The fraction of sp³-hybridized carbons (Fsp3) is 0. The third-order valence-corrected chi connectivity index (χ3v) is 1.89. The number of primary amides is 1. The van der Waals surface area contributed by atoms with Gasteiger partial charge >= 0.3 is 0 Å². The van der Waals surface area contributed by atoms with Crippen LogP contribution in [0.25, 0.3) is 11.5 Å². The molecular weight excluding hydrogens is 215 g/mol. The maximum absolute atomic E-state index is 13.1. The van der Waals surface area contributed by atoms with Crippen molar-refractivity contribution < 1.29 is 13.7 Å². The first-order valence-corrected chi connectivity index (χ1v) is 4.27. The second-order valence-corrected chi connectivity index (χ2v) is 3.02. The molecule has 0 aliphatic carbocycles. The predicted octanol–water partition coefficient (Wildman–Crippen LogP) is 0.557. The van der Waals surface area contributed by atoms with E-state index in [4.69, 9.17) is 16.0 Å². The lowest BCUT2D eigenvalue weighted by molar-refractivity contribution is 0.0987. The van der Waals surface area contributed by atoms with Gasteiger partial charge in [0.15, 0.2) is 0 Å². The van der Waals surface area contributed by atoms with Crippen molar-refractivity contribution >= 4 is 11.6 Å². The number of hydrogen-bond acceptors (Lipinski definition) is 5. The summed E-state index contributed by atoms with van der Waals surface area (Å²) in [5.74, 6) is -1.66. The topological polar surface area (TPSA) is 108 Å². The van der Waals surface area contributed by atoms with Gasteiger partial charge in [0, 0.05) is 5.56 Å². The fourth-order valence-electron chi connectivity index (χ4n) is 1.10. The summed E-state index contributed by atoms with van der Waals surface area (Å²) in [7, 11) is 0. The van der Waals surface area contributed by atoms with Crippen molar-refractivity contribution in [2.24, 2.45) is 5.73 Å². The first kappa shape index (κ1) is 10.1. The second kappa shape index (κ2) is 3.61. The van der Waals surface area contributed by atoms with Gasteiger partial charge in [0.05, 0.1) is 5.69 Å². The summed E-state index contributed by atoms with van der Waals surface area (Å²) in [6.45, 7) is 0. The van der Waals surface area contributed by atoms with Crippen LogP contribution in [0, 0.1) is 5.82 Å². The Labute approximate surface area is 89.0 Å². The molecule has 0 fully saturated rings. The summed E-state index contributed by atoms with van der Waals surface area (Å²) in [4.78, 5) is 14.4. The van der Waals surface area contributed by atoms with Gasteiger partial charge in [-0.25, -0.2) is 4.39 Å². The zero-order chi connectivity index (χ0) is 11.7. The lowest BCUT2D eigenvalue weighted by Gasteiger charge is -1.97. The average Bonchev–Trinajstić information content (AvgIpc) is 2.71. The fourth-order valence-corrected chi connectivity index (χ4v) is 1.10. The highest BCUT2D eigenvalue weighted by Gasteiger charge is 2.13. The van der Waals surface area contributed by atoms with Crippen molar-refractivity contribution in [1.82, 2.24) is 10.1 Å². The molecular formula is C9H7FN4O2. The van der Waals surface area contributed by atoms with Crippen LogP contribution < -0.4 is 11.5 Å². The number of anilines is 1. The Morgan fingerprint density at radius 1 is 1.44 bits per heavy atom. The van der Waals surface area contributed by atoms with Gasteiger partial charge in [-0.15, -0.1) is 0 Å². The van der Waals surface area contributed by atoms with E-state index in [1.165, 1.54) is 12.1 Å². The van der Waals surface area contributed by atoms with E-state index in [-0.39, 0.29) is 17.4 Å². The maximum atomic E-state index is 13.1. The van der Waals surface area contributed by atoms with Gasteiger partial charge in [-0.05, 0) is 18.2 Å². The molecule has 6 nitrogen and oxygen atoms in total. The normalized spacial score (nSPS) is 10.3. The Morgan fingerprint density at radius 2 is 2.19 bits per heavy atom. The minimum absolute atomic E-state index is 0.00713. The van der Waals surface area contributed by atoms with Gasteiger partial charge < -0.3 is 16.0 Å². The lowest BCUT2D eigenvalue weighted by Crippen LogP contribution is -2.12. The monoisotopic (exact) mass is 222 g/mol. The Balaban J connectivity index is 2.42. The van der Waals surface area contributed by atoms with E-state index in [1.807, 2.05) is 0 Å². The first-order valence-electron chi connectivity index (χ1n) is 4.27. The number of amides is 1. The minimum atomic E-state index is -0.814. The Bertz CT molecular complexity index is 552. The maximum Gasteiger partial charge on any atom is 0.290 e. The molecule has 0 saturated carbocycles. The molecule has 1 aromatic carbocycles. The van der Waals surface area contributed by atoms with E-state index in [9.17, 15) is 9.18 Å². The van der Waals surface area contributed by atoms with E-state index >= 15 is 0 Å². The van der Waals surface area contributed by atoms with Crippen molar-refractivity contribution in [2.75, 3.05) is 5.73 Å². The number of aromatic nitrogens is 2. The number of halogens is 1. The van der Waals surface area contributed by atoms with Gasteiger partial charge in [0.25, 0.3) is 17.6 Å². The van der Waals surface area contributed by atoms with Crippen molar-refractivity contribution in [3.8, 4) is 11.5 Å². The van der Waals surface area contributed by atoms with E-state index in [1.54, 1.807) is 0 Å². The van der Waals surface area contributed by atoms with Crippen LogP contribution in [0.1, 0.15) is 10.6 Å². The van der Waals surface area contributed by atoms with E-state index in [0.29, 0.717) is 5.56 Å². The van der Waals surface area contributed by atoms with E-state index < -0.39 is 11.7 Å². The van der Waals surface area contributed by atoms with Crippen LogP contribution in [0.15, 0.2) is 22.7 Å². The number of nitrogens with zero attached hydrogens (tertiary/aromatic N) is 2. The van der Waals surface area contributed by atoms with Gasteiger partial charge in [-0.2, -0.15) is 4.98 Å². The number of benzene rings is 1. The molecule has 4 N–H and O–H groups in total. The van der Waals surface area contributed by atoms with Gasteiger partial charge in [0.2, 0.25) is 0 Å². The smallest absolute Gasteiger partial charge is 0.290 e. The number of carbonyl (C=O) groups excluding carboxylic acids is 1. The van der Waals surface area contributed by atoms with Crippen LogP contribution in [0.2, 0.25) is 0 Å². The van der Waals surface area contributed by atoms with Crippen LogP contribution >= 0.6 is 0 Å². The second-order valence-electron chi connectivity index (χ2n) is 3.02. The SMILES string of the molecule is NC(=O)c1noc(-c2ccc(N)c(F)c2)n1. The third-order valence-electron chi connectivity index (χ3n) is 1.89. The summed E-state index contributed by atoms with van der Waals surface area (Å²) in [6, 6.07) is 3.99. The molecule has 1 amide bonds. The molecule has 1 heterocycles. The quantitative estimate of drug-likeness (QED) is 0.721. The molecule has 2 rings (SSSR count). The predicted molar refractivity (Wildman–Crippen MR) is 52.6 cm³/mol. The number of carbonyl (C=O) groups is 1. The van der Waals surface area contributed by atoms with Crippen LogP contribution in [0.5, 0.6) is 0 Å². The molecule has 0 spiro atoms. The van der Waals surface area contributed by atoms with Crippen LogP contribution in [0.4, 0.5) is 10.1 Å². The molecule has 0 atom stereocenters. The Kier molecular flexibility index (Phi) is 2.28. The average molecular weight is 222 g/mol. The van der Waals surface area contributed by atoms with Crippen molar-refractivity contribution in [3.63, 3.8) is 0 Å². The summed E-state index contributed by atoms with van der Waals surface area (Å²) in [6.07, 6.45) is 0. The minimum Gasteiger partial charge on any atom is -0.396 e. The molecule has 0 unspecified atom stereocenters. The van der Waals surface area contributed by atoms with Gasteiger partial charge in [-0.3, -0.25) is 4.79 Å². The van der Waals surface area contributed by atoms with Gasteiger partial charge in [0.1, 0.15) is 5.82 Å². The molecule has 0 aliphatic rings. The zero-order valence-electron chi connectivity index (χ0n) is 7.98. The standard InChI is InChI=1S/C9H7FN4O2/c10-5-3-4(1-2-6(5)11)9-13-8(7(12)15)14-16-9/h1-3H,11H2,(H2,12,15). The molecule has 2 aromatic rings. The summed E-state index contributed by atoms with van der Waals surface area (Å²) >= 11 is 0. The largest absolute Gasteiger partial charge is 0.396 e. The summed E-state index contributed by atoms with van der Waals surface area (Å²) in [5, 5.41) is 3.33. The Morgan fingerprint density at radius 3 is 2.75 bits per heavy atom. The van der Waals surface area contributed by atoms with Crippen LogP contribution in [-0.4, -0.2) is 16.0 Å². The van der Waals surface area contributed by atoms with Crippen molar-refractivity contribution in [1.29, 1.82) is 0 Å². The third kappa shape index (κ3) is 1.70. The molecule has 82 valence electrons.